The number of halogens is 3. The van der Waals surface area contributed by atoms with Gasteiger partial charge < -0.3 is 14.2 Å². The van der Waals surface area contributed by atoms with Gasteiger partial charge in [0.2, 0.25) is 0 Å². The summed E-state index contributed by atoms with van der Waals surface area (Å²) in [7, 11) is 1.75. The van der Waals surface area contributed by atoms with Gasteiger partial charge in [0.05, 0.1) is 25.7 Å². The maximum atomic E-state index is 12.8. The van der Waals surface area contributed by atoms with Crippen LogP contribution in [0.4, 0.5) is 10.5 Å². The van der Waals surface area contributed by atoms with Crippen LogP contribution in [0.15, 0.2) is 10.5 Å². The highest BCUT2D eigenvalue weighted by Crippen LogP contribution is 2.45. The molecule has 0 spiro atoms. The fraction of sp³-hybridized carbons (Fsp3) is 0.474. The first-order valence-corrected chi connectivity index (χ1v) is 10.5. The molecule has 0 saturated heterocycles. The Kier molecular flexibility index (Phi) is 5.64. The van der Waals surface area contributed by atoms with Gasteiger partial charge in [0.25, 0.3) is 5.91 Å². The topological polar surface area (TPSA) is 54.8 Å². The number of hydrogen-bond acceptors (Lipinski definition) is 3. The van der Waals surface area contributed by atoms with Crippen molar-refractivity contribution in [3.63, 3.8) is 0 Å². The lowest BCUT2D eigenvalue weighted by molar-refractivity contribution is 0.0582. The van der Waals surface area contributed by atoms with Gasteiger partial charge in [-0.1, -0.05) is 23.2 Å². The Labute approximate surface area is 182 Å². The fourth-order valence-electron chi connectivity index (χ4n) is 3.31. The zero-order valence-electron chi connectivity index (χ0n) is 16.4. The minimum absolute atomic E-state index is 0.118. The molecule has 0 fully saturated rings. The molecule has 0 atom stereocenters. The Morgan fingerprint density at radius 3 is 2.54 bits per heavy atom. The minimum atomic E-state index is -0.643. The molecule has 0 N–H and O–H groups in total. The quantitative estimate of drug-likeness (QED) is 0.553. The van der Waals surface area contributed by atoms with E-state index in [9.17, 15) is 9.59 Å². The van der Waals surface area contributed by atoms with Gasteiger partial charge in [0.15, 0.2) is 0 Å². The third kappa shape index (κ3) is 3.48. The Hall–Kier alpha value is -1.44. The third-order valence-electron chi connectivity index (χ3n) is 4.57. The van der Waals surface area contributed by atoms with Crippen molar-refractivity contribution in [1.82, 2.24) is 9.47 Å². The summed E-state index contributed by atoms with van der Waals surface area (Å²) in [4.78, 5) is 28.8. The van der Waals surface area contributed by atoms with E-state index in [0.717, 1.165) is 0 Å². The van der Waals surface area contributed by atoms with Crippen LogP contribution in [-0.2, 0) is 11.3 Å². The van der Waals surface area contributed by atoms with Gasteiger partial charge in [-0.25, -0.2) is 4.79 Å². The van der Waals surface area contributed by atoms with Gasteiger partial charge >= 0.3 is 6.09 Å². The molecular weight excluding hydrogens is 469 g/mol. The molecule has 1 aliphatic rings. The zero-order chi connectivity index (χ0) is 21.0. The van der Waals surface area contributed by atoms with Crippen LogP contribution in [0.5, 0.6) is 0 Å². The van der Waals surface area contributed by atoms with E-state index in [-0.39, 0.29) is 5.91 Å². The summed E-state index contributed by atoms with van der Waals surface area (Å²) in [5.41, 5.74) is 1.03. The lowest BCUT2D eigenvalue weighted by Crippen LogP contribution is -2.37. The largest absolute Gasteiger partial charge is 0.443 e. The first kappa shape index (κ1) is 21.3. The van der Waals surface area contributed by atoms with E-state index in [1.807, 2.05) is 32.3 Å². The van der Waals surface area contributed by atoms with E-state index in [1.54, 1.807) is 18.0 Å². The monoisotopic (exact) mass is 489 g/mol. The van der Waals surface area contributed by atoms with Crippen LogP contribution >= 0.6 is 39.1 Å². The summed E-state index contributed by atoms with van der Waals surface area (Å²) >= 11 is 16.5. The average Bonchev–Trinajstić information content (AvgIpc) is 2.88. The summed E-state index contributed by atoms with van der Waals surface area (Å²) in [5.74, 6) is -0.118. The number of ether oxygens (including phenoxy) is 1. The van der Waals surface area contributed by atoms with Crippen molar-refractivity contribution < 1.29 is 14.3 Å². The lowest BCUT2D eigenvalue weighted by Gasteiger charge is -2.27. The third-order valence-corrected chi connectivity index (χ3v) is 6.12. The van der Waals surface area contributed by atoms with Crippen LogP contribution in [0.1, 0.15) is 38.2 Å². The number of likely N-dealkylation sites (N-methyl/N-ethyl adjacent to an activating group) is 1. The van der Waals surface area contributed by atoms with Gasteiger partial charge in [-0.15, -0.1) is 0 Å². The molecule has 0 aliphatic carbocycles. The summed E-state index contributed by atoms with van der Waals surface area (Å²) in [6.07, 6.45) is -0.491. The number of nitrogens with zero attached hydrogens (tertiary/aromatic N) is 3. The summed E-state index contributed by atoms with van der Waals surface area (Å²) in [6, 6.07) is 1.64. The molecule has 9 heteroatoms. The Bertz CT molecular complexity index is 981. The maximum Gasteiger partial charge on any atom is 0.414 e. The zero-order valence-corrected chi connectivity index (χ0v) is 19.5. The van der Waals surface area contributed by atoms with Gasteiger partial charge in [-0.2, -0.15) is 0 Å². The molecule has 1 aromatic carbocycles. The molecule has 1 aliphatic heterocycles. The smallest absolute Gasteiger partial charge is 0.414 e. The van der Waals surface area contributed by atoms with E-state index < -0.39 is 11.7 Å². The maximum absolute atomic E-state index is 12.8. The molecule has 1 aromatic heterocycles. The van der Waals surface area contributed by atoms with Crippen LogP contribution in [-0.4, -0.2) is 47.2 Å². The van der Waals surface area contributed by atoms with E-state index >= 15 is 0 Å². The molecule has 3 rings (SSSR count). The molecule has 2 amide bonds. The highest BCUT2D eigenvalue weighted by molar-refractivity contribution is 9.10. The van der Waals surface area contributed by atoms with E-state index in [2.05, 4.69) is 15.9 Å². The number of rotatable bonds is 2. The van der Waals surface area contributed by atoms with Gasteiger partial charge in [-0.05, 0) is 49.7 Å². The van der Waals surface area contributed by atoms with Crippen LogP contribution in [0.25, 0.3) is 10.9 Å². The normalized spacial score (nSPS) is 14.4. The summed E-state index contributed by atoms with van der Waals surface area (Å²) < 4.78 is 8.01. The van der Waals surface area contributed by atoms with Crippen molar-refractivity contribution in [2.75, 3.05) is 25.0 Å². The average molecular weight is 491 g/mol. The number of hydrogen-bond donors (Lipinski definition) is 0. The molecule has 152 valence electrons. The van der Waals surface area contributed by atoms with Crippen molar-refractivity contribution >= 4 is 67.7 Å². The van der Waals surface area contributed by atoms with Crippen molar-refractivity contribution in [3.8, 4) is 0 Å². The number of anilines is 1. The standard InChI is InChI=1S/C19H22BrCl2N3O3/c1-6-24(18(27)28-19(2,3)4)11-9-10(21)14(22)15-12(11)13(20)16-17(26)23(5)7-8-25(15)16/h9H,6-8H2,1-5H3. The second-order valence-electron chi connectivity index (χ2n) is 7.68. The number of benzene rings is 1. The predicted molar refractivity (Wildman–Crippen MR) is 116 cm³/mol. The molecule has 0 saturated carbocycles. The second-order valence-corrected chi connectivity index (χ2v) is 9.26. The molecule has 0 unspecified atom stereocenters. The fourth-order valence-corrected chi connectivity index (χ4v) is 4.53. The molecule has 0 bridgehead atoms. The number of amides is 2. The number of fused-ring (bicyclic) bond motifs is 3. The number of carbonyl (C=O) groups excluding carboxylic acids is 2. The Morgan fingerprint density at radius 1 is 1.32 bits per heavy atom. The van der Waals surface area contributed by atoms with Crippen molar-refractivity contribution in [2.45, 2.75) is 39.8 Å². The number of carbonyl (C=O) groups is 2. The summed E-state index contributed by atoms with van der Waals surface area (Å²) in [5, 5.41) is 1.33. The highest BCUT2D eigenvalue weighted by Gasteiger charge is 2.33. The second kappa shape index (κ2) is 7.43. The van der Waals surface area contributed by atoms with E-state index in [4.69, 9.17) is 27.9 Å². The van der Waals surface area contributed by atoms with Crippen LogP contribution in [0.2, 0.25) is 10.0 Å². The lowest BCUT2D eigenvalue weighted by atomic mass is 10.2. The van der Waals surface area contributed by atoms with Gasteiger partial charge in [0.1, 0.15) is 11.3 Å². The minimum Gasteiger partial charge on any atom is -0.443 e. The van der Waals surface area contributed by atoms with Crippen molar-refractivity contribution in [1.29, 1.82) is 0 Å². The SMILES string of the molecule is CCN(C(=O)OC(C)(C)C)c1cc(Cl)c(Cl)c2c1c(Br)c1n2CCN(C)C1=O. The first-order valence-electron chi connectivity index (χ1n) is 8.93. The molecule has 6 nitrogen and oxygen atoms in total. The van der Waals surface area contributed by atoms with Gasteiger partial charge in [-0.3, -0.25) is 9.69 Å². The van der Waals surface area contributed by atoms with Gasteiger partial charge in [0, 0.05) is 32.1 Å². The van der Waals surface area contributed by atoms with Crippen molar-refractivity contribution in [2.24, 2.45) is 0 Å². The van der Waals surface area contributed by atoms with Crippen LogP contribution in [0, 0.1) is 0 Å². The molecule has 2 heterocycles. The Morgan fingerprint density at radius 2 is 1.96 bits per heavy atom. The molecule has 2 aromatic rings. The number of aromatic nitrogens is 1. The Balaban J connectivity index is 2.30. The predicted octanol–water partition coefficient (Wildman–Crippen LogP) is 5.56. The molecule has 28 heavy (non-hydrogen) atoms. The molecular formula is C19H22BrCl2N3O3. The van der Waals surface area contributed by atoms with E-state index in [0.29, 0.717) is 56.4 Å². The molecule has 0 radical (unpaired) electrons. The summed E-state index contributed by atoms with van der Waals surface area (Å²) in [6.45, 7) is 8.78. The highest BCUT2D eigenvalue weighted by atomic mass is 79.9. The van der Waals surface area contributed by atoms with E-state index in [1.165, 1.54) is 4.90 Å². The van der Waals surface area contributed by atoms with Crippen LogP contribution < -0.4 is 4.90 Å². The van der Waals surface area contributed by atoms with Crippen molar-refractivity contribution in [3.05, 3.63) is 26.3 Å². The first-order chi connectivity index (χ1) is 13.0. The van der Waals surface area contributed by atoms with Crippen LogP contribution in [0.3, 0.4) is 0 Å².